The monoisotopic (exact) mass is 319 g/mol. The first-order valence-electron chi connectivity index (χ1n) is 8.53. The van der Waals surface area contributed by atoms with Gasteiger partial charge < -0.3 is 20.1 Å². The van der Waals surface area contributed by atoms with E-state index >= 15 is 0 Å². The Morgan fingerprint density at radius 2 is 2.13 bits per heavy atom. The molecule has 1 aromatic rings. The number of rotatable bonds is 7. The molecule has 5 heteroatoms. The van der Waals surface area contributed by atoms with Gasteiger partial charge in [0.05, 0.1) is 18.8 Å². The van der Waals surface area contributed by atoms with Crippen LogP contribution in [0.3, 0.4) is 0 Å². The van der Waals surface area contributed by atoms with Gasteiger partial charge in [0.25, 0.3) is 0 Å². The Balaban J connectivity index is 1.98. The quantitative estimate of drug-likeness (QED) is 0.599. The summed E-state index contributed by atoms with van der Waals surface area (Å²) in [4.78, 5) is 4.68. The molecule has 1 saturated heterocycles. The number of nitrogens with zero attached hydrogens (tertiary/aromatic N) is 1. The minimum absolute atomic E-state index is 0.0839. The van der Waals surface area contributed by atoms with Crippen LogP contribution in [0, 0.1) is 0 Å². The third-order valence-electron chi connectivity index (χ3n) is 3.95. The molecule has 0 bridgehead atoms. The summed E-state index contributed by atoms with van der Waals surface area (Å²) >= 11 is 0. The van der Waals surface area contributed by atoms with E-state index in [2.05, 4.69) is 35.5 Å². The second-order valence-corrected chi connectivity index (χ2v) is 5.99. The maximum Gasteiger partial charge on any atom is 0.191 e. The molecule has 0 amide bonds. The predicted molar refractivity (Wildman–Crippen MR) is 94.0 cm³/mol. The fourth-order valence-electron chi connectivity index (χ4n) is 2.68. The Kier molecular flexibility index (Phi) is 6.71. The van der Waals surface area contributed by atoms with Crippen molar-refractivity contribution in [2.45, 2.75) is 45.8 Å². The highest BCUT2D eigenvalue weighted by molar-refractivity contribution is 5.79. The first kappa shape index (κ1) is 17.6. The van der Waals surface area contributed by atoms with Crippen molar-refractivity contribution >= 4 is 5.96 Å². The van der Waals surface area contributed by atoms with Gasteiger partial charge in [-0.1, -0.05) is 18.2 Å². The summed E-state index contributed by atoms with van der Waals surface area (Å²) in [5.74, 6) is 1.72. The van der Waals surface area contributed by atoms with Gasteiger partial charge in [-0.25, -0.2) is 4.99 Å². The molecule has 1 atom stereocenters. The third kappa shape index (κ3) is 5.43. The summed E-state index contributed by atoms with van der Waals surface area (Å²) in [5.41, 5.74) is 1.01. The molecule has 2 rings (SSSR count). The number of nitrogens with one attached hydrogen (secondary N) is 2. The number of benzene rings is 1. The van der Waals surface area contributed by atoms with Crippen molar-refractivity contribution in [1.29, 1.82) is 0 Å². The van der Waals surface area contributed by atoms with Gasteiger partial charge in [-0.15, -0.1) is 0 Å². The van der Waals surface area contributed by atoms with Crippen molar-refractivity contribution in [2.75, 3.05) is 26.3 Å². The maximum absolute atomic E-state index is 5.82. The number of ether oxygens (including phenoxy) is 2. The normalized spacial score (nSPS) is 21.3. The van der Waals surface area contributed by atoms with E-state index in [4.69, 9.17) is 9.47 Å². The molecule has 0 spiro atoms. The summed E-state index contributed by atoms with van der Waals surface area (Å²) in [6.45, 7) is 9.92. The molecule has 0 aliphatic carbocycles. The molecular weight excluding hydrogens is 290 g/mol. The number of para-hydroxylation sites is 1. The Hall–Kier alpha value is -1.75. The molecule has 1 fully saturated rings. The van der Waals surface area contributed by atoms with Gasteiger partial charge in [0, 0.05) is 25.3 Å². The molecule has 23 heavy (non-hydrogen) atoms. The van der Waals surface area contributed by atoms with Crippen LogP contribution in [0.25, 0.3) is 0 Å². The van der Waals surface area contributed by atoms with E-state index < -0.39 is 0 Å². The van der Waals surface area contributed by atoms with Crippen LogP contribution >= 0.6 is 0 Å². The van der Waals surface area contributed by atoms with Crippen LogP contribution in [0.15, 0.2) is 29.3 Å². The Bertz CT molecular complexity index is 511. The topological polar surface area (TPSA) is 54.9 Å². The van der Waals surface area contributed by atoms with E-state index in [1.165, 1.54) is 0 Å². The molecule has 0 saturated carbocycles. The standard InChI is InChI=1S/C18H29N3O2/c1-4-19-17(21-14-18(3)11-8-12-23-18)20-13-15-9-6-7-10-16(15)22-5-2/h6-7,9-10H,4-5,8,11-14H2,1-3H3,(H2,19,20,21). The van der Waals surface area contributed by atoms with Crippen LogP contribution in [0.5, 0.6) is 5.75 Å². The van der Waals surface area contributed by atoms with Crippen molar-refractivity contribution in [3.05, 3.63) is 29.8 Å². The van der Waals surface area contributed by atoms with Gasteiger partial charge in [0.1, 0.15) is 5.75 Å². The fourth-order valence-corrected chi connectivity index (χ4v) is 2.68. The van der Waals surface area contributed by atoms with E-state index in [0.29, 0.717) is 13.2 Å². The molecule has 1 aliphatic rings. The largest absolute Gasteiger partial charge is 0.494 e. The van der Waals surface area contributed by atoms with E-state index in [9.17, 15) is 0 Å². The van der Waals surface area contributed by atoms with Crippen molar-refractivity contribution in [3.8, 4) is 5.75 Å². The van der Waals surface area contributed by atoms with Crippen molar-refractivity contribution in [2.24, 2.45) is 4.99 Å². The number of hydrogen-bond donors (Lipinski definition) is 2. The van der Waals surface area contributed by atoms with Gasteiger partial charge in [-0.2, -0.15) is 0 Å². The van der Waals surface area contributed by atoms with Gasteiger partial charge in [0.2, 0.25) is 0 Å². The average Bonchev–Trinajstić information content (AvgIpc) is 2.99. The highest BCUT2D eigenvalue weighted by atomic mass is 16.5. The lowest BCUT2D eigenvalue weighted by atomic mass is 10.0. The molecule has 5 nitrogen and oxygen atoms in total. The van der Waals surface area contributed by atoms with Gasteiger partial charge in [-0.05, 0) is 39.7 Å². The Morgan fingerprint density at radius 3 is 2.83 bits per heavy atom. The van der Waals surface area contributed by atoms with Crippen molar-refractivity contribution in [3.63, 3.8) is 0 Å². The van der Waals surface area contributed by atoms with E-state index in [0.717, 1.165) is 49.8 Å². The second kappa shape index (κ2) is 8.77. The minimum atomic E-state index is -0.0839. The van der Waals surface area contributed by atoms with Gasteiger partial charge in [0.15, 0.2) is 5.96 Å². The smallest absolute Gasteiger partial charge is 0.191 e. The predicted octanol–water partition coefficient (Wildman–Crippen LogP) is 2.71. The molecule has 128 valence electrons. The zero-order valence-corrected chi connectivity index (χ0v) is 14.5. The Labute approximate surface area is 139 Å². The fraction of sp³-hybridized carbons (Fsp3) is 0.611. The molecule has 0 aromatic heterocycles. The maximum atomic E-state index is 5.82. The number of aliphatic imine (C=N–C) groups is 1. The summed E-state index contributed by atoms with van der Waals surface area (Å²) in [5, 5.41) is 6.69. The zero-order chi connectivity index (χ0) is 16.5. The summed E-state index contributed by atoms with van der Waals surface area (Å²) in [6, 6.07) is 8.04. The number of hydrogen-bond acceptors (Lipinski definition) is 3. The first-order chi connectivity index (χ1) is 11.2. The third-order valence-corrected chi connectivity index (χ3v) is 3.95. The molecular formula is C18H29N3O2. The average molecular weight is 319 g/mol. The van der Waals surface area contributed by atoms with Crippen LogP contribution < -0.4 is 15.4 Å². The molecule has 1 aliphatic heterocycles. The zero-order valence-electron chi connectivity index (χ0n) is 14.5. The molecule has 1 aromatic carbocycles. The van der Waals surface area contributed by atoms with Crippen LogP contribution in [0.1, 0.15) is 39.2 Å². The van der Waals surface area contributed by atoms with Crippen LogP contribution in [0.2, 0.25) is 0 Å². The first-order valence-corrected chi connectivity index (χ1v) is 8.53. The minimum Gasteiger partial charge on any atom is -0.494 e. The highest BCUT2D eigenvalue weighted by Crippen LogP contribution is 2.24. The van der Waals surface area contributed by atoms with Crippen LogP contribution in [-0.2, 0) is 11.3 Å². The SMILES string of the molecule is CCNC(=NCc1ccccc1OCC)NCC1(C)CCCO1. The lowest BCUT2D eigenvalue weighted by molar-refractivity contribution is 0.0243. The summed E-state index contributed by atoms with van der Waals surface area (Å²) in [7, 11) is 0. The van der Waals surface area contributed by atoms with Gasteiger partial charge >= 0.3 is 0 Å². The lowest BCUT2D eigenvalue weighted by Gasteiger charge is -2.24. The van der Waals surface area contributed by atoms with E-state index in [1.54, 1.807) is 0 Å². The highest BCUT2D eigenvalue weighted by Gasteiger charge is 2.29. The van der Waals surface area contributed by atoms with E-state index in [-0.39, 0.29) is 5.60 Å². The van der Waals surface area contributed by atoms with Crippen LogP contribution in [-0.4, -0.2) is 37.9 Å². The van der Waals surface area contributed by atoms with Crippen LogP contribution in [0.4, 0.5) is 0 Å². The molecule has 0 radical (unpaired) electrons. The summed E-state index contributed by atoms with van der Waals surface area (Å²) in [6.07, 6.45) is 2.22. The molecule has 1 heterocycles. The Morgan fingerprint density at radius 1 is 1.30 bits per heavy atom. The van der Waals surface area contributed by atoms with E-state index in [1.807, 2.05) is 25.1 Å². The number of guanidine groups is 1. The summed E-state index contributed by atoms with van der Waals surface area (Å²) < 4.78 is 11.5. The lowest BCUT2D eigenvalue weighted by Crippen LogP contribution is -2.45. The molecule has 2 N–H and O–H groups in total. The molecule has 1 unspecified atom stereocenters. The second-order valence-electron chi connectivity index (χ2n) is 5.99. The van der Waals surface area contributed by atoms with Crippen molar-refractivity contribution in [1.82, 2.24) is 10.6 Å². The van der Waals surface area contributed by atoms with Gasteiger partial charge in [-0.3, -0.25) is 0 Å². The van der Waals surface area contributed by atoms with Crippen molar-refractivity contribution < 1.29 is 9.47 Å².